The van der Waals surface area contributed by atoms with Crippen LogP contribution in [0, 0.1) is 11.8 Å². The van der Waals surface area contributed by atoms with E-state index >= 15 is 0 Å². The Morgan fingerprint density at radius 3 is 1.50 bits per heavy atom. The van der Waals surface area contributed by atoms with Crippen molar-refractivity contribution in [3.63, 3.8) is 0 Å². The second-order valence-electron chi connectivity index (χ2n) is 3.73. The van der Waals surface area contributed by atoms with Crippen LogP contribution < -0.4 is 0 Å². The molecule has 0 rings (SSSR count). The van der Waals surface area contributed by atoms with Crippen LogP contribution in [-0.4, -0.2) is 17.8 Å². The zero-order chi connectivity index (χ0) is 8.15. The van der Waals surface area contributed by atoms with E-state index in [1.165, 1.54) is 8.87 Å². The van der Waals surface area contributed by atoms with E-state index in [4.69, 9.17) is 9.29 Å². The van der Waals surface area contributed by atoms with Crippen molar-refractivity contribution in [3.05, 3.63) is 0 Å². The number of hydrogen-bond acceptors (Lipinski definition) is 1. The average Bonchev–Trinajstić information content (AvgIpc) is 1.58. The Labute approximate surface area is 75.3 Å². The van der Waals surface area contributed by atoms with Gasteiger partial charge in [-0.15, -0.1) is 0 Å². The Morgan fingerprint density at radius 2 is 1.30 bits per heavy atom. The van der Waals surface area contributed by atoms with E-state index in [9.17, 15) is 0 Å². The summed E-state index contributed by atoms with van der Waals surface area (Å²) in [6.45, 7) is 9.14. The summed E-state index contributed by atoms with van der Waals surface area (Å²) < 4.78 is 2.80. The predicted molar refractivity (Wildman–Crippen MR) is 52.6 cm³/mol. The standard InChI is InChI=1S/2C4H9.S.Sn/c2*1-4(2)3;;/h2*4H,1H2,2-3H3;;. The molecule has 2 heteroatoms. The molecule has 0 spiro atoms. The molecule has 0 saturated carbocycles. The van der Waals surface area contributed by atoms with Crippen molar-refractivity contribution in [2.24, 2.45) is 11.8 Å². The van der Waals surface area contributed by atoms with Gasteiger partial charge in [0, 0.05) is 0 Å². The Balaban J connectivity index is 3.44. The molecule has 60 valence electrons. The molecular weight excluding hydrogens is 247 g/mol. The van der Waals surface area contributed by atoms with Gasteiger partial charge in [-0.25, -0.2) is 0 Å². The Hall–Kier alpha value is 1.02. The van der Waals surface area contributed by atoms with Gasteiger partial charge in [-0.1, -0.05) is 0 Å². The second kappa shape index (κ2) is 5.64. The number of rotatable bonds is 4. The quantitative estimate of drug-likeness (QED) is 0.701. The van der Waals surface area contributed by atoms with Gasteiger partial charge in [-0.05, 0) is 0 Å². The van der Waals surface area contributed by atoms with Gasteiger partial charge in [0.2, 0.25) is 0 Å². The third-order valence-corrected chi connectivity index (χ3v) is 10.8. The van der Waals surface area contributed by atoms with Crippen molar-refractivity contribution < 1.29 is 0 Å². The van der Waals surface area contributed by atoms with Gasteiger partial charge in [0.15, 0.2) is 0 Å². The fraction of sp³-hybridized carbons (Fsp3) is 1.00. The molecule has 0 atom stereocenters. The van der Waals surface area contributed by atoms with Crippen LogP contribution in [0.4, 0.5) is 0 Å². The van der Waals surface area contributed by atoms with Gasteiger partial charge in [0.1, 0.15) is 0 Å². The minimum atomic E-state index is -1.25. The summed E-state index contributed by atoms with van der Waals surface area (Å²) in [4.78, 5) is 0. The molecule has 0 aromatic carbocycles. The summed E-state index contributed by atoms with van der Waals surface area (Å²) in [5.74, 6) is 1.70. The van der Waals surface area contributed by atoms with Gasteiger partial charge < -0.3 is 0 Å². The Morgan fingerprint density at radius 1 is 1.00 bits per heavy atom. The van der Waals surface area contributed by atoms with E-state index in [1.807, 2.05) is 0 Å². The summed E-state index contributed by atoms with van der Waals surface area (Å²) >= 11 is -1.25. The van der Waals surface area contributed by atoms with Crippen LogP contribution in [0.5, 0.6) is 0 Å². The molecular formula is C8H18SSn. The molecule has 0 unspecified atom stereocenters. The van der Waals surface area contributed by atoms with Crippen LogP contribution in [0.25, 0.3) is 0 Å². The van der Waals surface area contributed by atoms with Crippen LogP contribution in [0.2, 0.25) is 8.87 Å². The van der Waals surface area contributed by atoms with Crippen molar-refractivity contribution in [1.82, 2.24) is 0 Å². The van der Waals surface area contributed by atoms with Crippen LogP contribution in [0.1, 0.15) is 27.7 Å². The van der Waals surface area contributed by atoms with Gasteiger partial charge >= 0.3 is 75.5 Å². The fourth-order valence-electron chi connectivity index (χ4n) is 0.994. The molecule has 10 heavy (non-hydrogen) atoms. The van der Waals surface area contributed by atoms with Crippen molar-refractivity contribution in [1.29, 1.82) is 0 Å². The topological polar surface area (TPSA) is 0 Å². The molecule has 0 heterocycles. The van der Waals surface area contributed by atoms with Gasteiger partial charge in [0.05, 0.1) is 0 Å². The molecule has 0 aliphatic carbocycles. The van der Waals surface area contributed by atoms with Gasteiger partial charge in [-0.3, -0.25) is 0 Å². The molecule has 0 aliphatic rings. The van der Waals surface area contributed by atoms with E-state index in [2.05, 4.69) is 27.7 Å². The molecule has 0 radical (unpaired) electrons. The third kappa shape index (κ3) is 7.13. The Kier molecular flexibility index (Phi) is 6.22. The summed E-state index contributed by atoms with van der Waals surface area (Å²) in [5, 5.41) is 0. The first-order valence-corrected chi connectivity index (χ1v) is 12.0. The molecule has 0 aromatic rings. The molecule has 0 amide bonds. The first-order valence-electron chi connectivity index (χ1n) is 4.04. The summed E-state index contributed by atoms with van der Waals surface area (Å²) in [7, 11) is 5.49. The molecule has 0 nitrogen and oxygen atoms in total. The fourth-order valence-corrected chi connectivity index (χ4v) is 11.1. The summed E-state index contributed by atoms with van der Waals surface area (Å²) in [5.41, 5.74) is 0. The van der Waals surface area contributed by atoms with E-state index in [0.717, 1.165) is 11.8 Å². The normalized spacial score (nSPS) is 11.0. The maximum absolute atomic E-state index is 5.49. The van der Waals surface area contributed by atoms with E-state index in [-0.39, 0.29) is 0 Å². The average molecular weight is 265 g/mol. The molecule has 0 aromatic heterocycles. The maximum atomic E-state index is 5.49. The van der Waals surface area contributed by atoms with E-state index in [0.29, 0.717) is 0 Å². The van der Waals surface area contributed by atoms with Crippen molar-refractivity contribution in [3.8, 4) is 0 Å². The van der Waals surface area contributed by atoms with Crippen LogP contribution in [0.15, 0.2) is 0 Å². The SMILES string of the molecule is CC(C)[CH2][Sn](=[S])[CH2]C(C)C. The molecule has 0 aliphatic heterocycles. The van der Waals surface area contributed by atoms with Crippen LogP contribution in [-0.2, 0) is 0 Å². The van der Waals surface area contributed by atoms with Crippen LogP contribution >= 0.6 is 9.29 Å². The zero-order valence-corrected chi connectivity index (χ0v) is 11.1. The second-order valence-corrected chi connectivity index (χ2v) is 13.0. The molecule has 0 N–H and O–H groups in total. The number of hydrogen-bond donors (Lipinski definition) is 0. The van der Waals surface area contributed by atoms with Gasteiger partial charge in [-0.2, -0.15) is 0 Å². The van der Waals surface area contributed by atoms with Crippen molar-refractivity contribution in [2.75, 3.05) is 0 Å². The van der Waals surface area contributed by atoms with Crippen molar-refractivity contribution >= 4 is 27.1 Å². The third-order valence-electron chi connectivity index (χ3n) is 1.27. The van der Waals surface area contributed by atoms with E-state index in [1.54, 1.807) is 0 Å². The monoisotopic (exact) mass is 266 g/mol. The predicted octanol–water partition coefficient (Wildman–Crippen LogP) is 3.49. The van der Waals surface area contributed by atoms with Crippen LogP contribution in [0.3, 0.4) is 0 Å². The molecule has 0 saturated heterocycles. The first-order chi connectivity index (χ1) is 4.52. The molecule has 0 fully saturated rings. The minimum absolute atomic E-state index is 0.852. The summed E-state index contributed by atoms with van der Waals surface area (Å²) in [6.07, 6.45) is 0. The van der Waals surface area contributed by atoms with Gasteiger partial charge in [0.25, 0.3) is 0 Å². The zero-order valence-electron chi connectivity index (χ0n) is 7.48. The molecule has 0 bridgehead atoms. The summed E-state index contributed by atoms with van der Waals surface area (Å²) in [6, 6.07) is 0. The van der Waals surface area contributed by atoms with Crippen molar-refractivity contribution in [2.45, 2.75) is 36.6 Å². The Bertz CT molecular complexity index is 95.8. The van der Waals surface area contributed by atoms with E-state index < -0.39 is 17.8 Å². The first kappa shape index (κ1) is 11.0.